The second-order valence-electron chi connectivity index (χ2n) is 9.68. The summed E-state index contributed by atoms with van der Waals surface area (Å²) < 4.78 is 32.0. The summed E-state index contributed by atoms with van der Waals surface area (Å²) in [6.07, 6.45) is 1.70. The second kappa shape index (κ2) is 12.8. The second-order valence-corrected chi connectivity index (χ2v) is 14.8. The van der Waals surface area contributed by atoms with Gasteiger partial charge in [-0.1, -0.05) is 53.0 Å². The van der Waals surface area contributed by atoms with Gasteiger partial charge in [-0.15, -0.1) is 0 Å². The van der Waals surface area contributed by atoms with Gasteiger partial charge in [0, 0.05) is 10.0 Å². The van der Waals surface area contributed by atoms with Gasteiger partial charge in [-0.2, -0.15) is 8.42 Å². The number of thioether (sulfide) groups is 1. The summed E-state index contributed by atoms with van der Waals surface area (Å²) in [5.41, 5.74) is 4.51. The maximum atomic E-state index is 13.8. The van der Waals surface area contributed by atoms with Crippen molar-refractivity contribution in [3.05, 3.63) is 119 Å². The van der Waals surface area contributed by atoms with Gasteiger partial charge >= 0.3 is 10.1 Å². The zero-order chi connectivity index (χ0) is 31.1. The predicted octanol–water partition coefficient (Wildman–Crippen LogP) is 10.0. The minimum Gasteiger partial charge on any atom is -0.377 e. The molecule has 4 aromatic rings. The number of carbonyl (C=O) groups is 1. The number of anilines is 1. The molecule has 0 radical (unpaired) electrons. The van der Waals surface area contributed by atoms with Crippen LogP contribution in [0.2, 0.25) is 10.0 Å². The molecule has 43 heavy (non-hydrogen) atoms. The fourth-order valence-electron chi connectivity index (χ4n) is 4.02. The van der Waals surface area contributed by atoms with Gasteiger partial charge in [0.05, 0.1) is 25.2 Å². The third-order valence-corrected chi connectivity index (χ3v) is 10.6. The van der Waals surface area contributed by atoms with Crippen molar-refractivity contribution in [2.24, 2.45) is 4.99 Å². The third-order valence-electron chi connectivity index (χ3n) is 6.42. The zero-order valence-corrected chi connectivity index (χ0v) is 29.2. The van der Waals surface area contributed by atoms with Crippen LogP contribution in [0, 0.1) is 20.8 Å². The van der Waals surface area contributed by atoms with Crippen molar-refractivity contribution in [2.75, 3.05) is 4.90 Å². The Labute approximate surface area is 281 Å². The van der Waals surface area contributed by atoms with Crippen molar-refractivity contribution >= 4 is 105 Å². The SMILES string of the molecule is Cc1ccc(S(=O)(=O)Oc2c(Br)cc(/C=C3/SC(=Nc4ccc(C)c(Cl)c4)N(c4ccc(C)c(Cl)c4)C3=O)cc2Br)cc1. The molecule has 0 atom stereocenters. The van der Waals surface area contributed by atoms with E-state index in [0.717, 1.165) is 16.7 Å². The molecule has 0 unspecified atom stereocenters. The van der Waals surface area contributed by atoms with Crippen LogP contribution in [0.3, 0.4) is 0 Å². The summed E-state index contributed by atoms with van der Waals surface area (Å²) in [7, 11) is -4.08. The normalized spacial score (nSPS) is 15.5. The number of amidine groups is 1. The highest BCUT2D eigenvalue weighted by Crippen LogP contribution is 2.41. The van der Waals surface area contributed by atoms with Crippen LogP contribution >= 0.6 is 66.8 Å². The molecule has 1 heterocycles. The number of hydrogen-bond acceptors (Lipinski definition) is 6. The van der Waals surface area contributed by atoms with Crippen LogP contribution in [0.5, 0.6) is 5.75 Å². The number of amides is 1. The lowest BCUT2D eigenvalue weighted by atomic mass is 10.2. The van der Waals surface area contributed by atoms with E-state index in [0.29, 0.717) is 46.0 Å². The summed E-state index contributed by atoms with van der Waals surface area (Å²) >= 11 is 20.8. The molecular weight excluding hydrogens is 759 g/mol. The lowest BCUT2D eigenvalue weighted by Gasteiger charge is -2.16. The highest BCUT2D eigenvalue weighted by Gasteiger charge is 2.35. The Hall–Kier alpha value is -2.60. The van der Waals surface area contributed by atoms with Crippen LogP contribution in [0.1, 0.15) is 22.3 Å². The molecule has 0 aromatic heterocycles. The number of nitrogens with zero attached hydrogens (tertiary/aromatic N) is 2. The van der Waals surface area contributed by atoms with Crippen molar-refractivity contribution in [3.8, 4) is 5.75 Å². The van der Waals surface area contributed by atoms with E-state index in [1.54, 1.807) is 42.5 Å². The molecule has 0 bridgehead atoms. The number of rotatable bonds is 6. The Morgan fingerprint density at radius 3 is 2.07 bits per heavy atom. The van der Waals surface area contributed by atoms with Gasteiger partial charge in [0.1, 0.15) is 4.90 Å². The topological polar surface area (TPSA) is 76.0 Å². The fraction of sp³-hybridized carbons (Fsp3) is 0.0968. The first-order valence-corrected chi connectivity index (χ1v) is 17.2. The van der Waals surface area contributed by atoms with Crippen LogP contribution in [-0.2, 0) is 14.9 Å². The van der Waals surface area contributed by atoms with E-state index in [9.17, 15) is 13.2 Å². The molecule has 12 heteroatoms. The van der Waals surface area contributed by atoms with E-state index in [1.165, 1.54) is 28.8 Å². The third kappa shape index (κ3) is 7.05. The lowest BCUT2D eigenvalue weighted by molar-refractivity contribution is -0.113. The van der Waals surface area contributed by atoms with Crippen LogP contribution in [0.15, 0.2) is 96.5 Å². The zero-order valence-electron chi connectivity index (χ0n) is 22.9. The molecule has 5 rings (SSSR count). The molecule has 6 nitrogen and oxygen atoms in total. The molecule has 0 saturated carbocycles. The summed E-state index contributed by atoms with van der Waals surface area (Å²) in [4.78, 5) is 20.5. The molecule has 0 N–H and O–H groups in total. The van der Waals surface area contributed by atoms with Crippen LogP contribution in [0.25, 0.3) is 6.08 Å². The molecule has 0 aliphatic carbocycles. The van der Waals surface area contributed by atoms with E-state index < -0.39 is 10.1 Å². The van der Waals surface area contributed by atoms with Gasteiger partial charge in [0.25, 0.3) is 5.91 Å². The first-order chi connectivity index (χ1) is 20.3. The molecule has 220 valence electrons. The van der Waals surface area contributed by atoms with Gasteiger partial charge in [-0.25, -0.2) is 4.99 Å². The van der Waals surface area contributed by atoms with E-state index in [1.807, 2.05) is 45.0 Å². The molecule has 4 aromatic carbocycles. The standard InChI is InChI=1S/C31H22Br2Cl2N2O4S2/c1-17-4-10-23(11-5-17)43(39,40)41-29-24(32)12-20(13-25(29)33)14-28-30(38)37(22-9-7-19(3)27(35)16-22)31(42-28)36-21-8-6-18(2)26(34)15-21/h4-16H,1-3H3/b28-14+,36-31?. The number of halogens is 4. The van der Waals surface area contributed by atoms with Crippen LogP contribution in [-0.4, -0.2) is 19.5 Å². The predicted molar refractivity (Wildman–Crippen MR) is 183 cm³/mol. The number of carbonyl (C=O) groups excluding carboxylic acids is 1. The van der Waals surface area contributed by atoms with Crippen molar-refractivity contribution in [1.29, 1.82) is 0 Å². The Morgan fingerprint density at radius 1 is 0.860 bits per heavy atom. The van der Waals surface area contributed by atoms with Gasteiger partial charge < -0.3 is 4.18 Å². The van der Waals surface area contributed by atoms with E-state index in [2.05, 4.69) is 31.9 Å². The van der Waals surface area contributed by atoms with Gasteiger partial charge in [-0.05, 0) is 136 Å². The van der Waals surface area contributed by atoms with Crippen LogP contribution < -0.4 is 9.08 Å². The van der Waals surface area contributed by atoms with E-state index in [4.69, 9.17) is 32.4 Å². The lowest BCUT2D eigenvalue weighted by Crippen LogP contribution is -2.28. The van der Waals surface area contributed by atoms with Crippen LogP contribution in [0.4, 0.5) is 11.4 Å². The Morgan fingerprint density at radius 2 is 1.47 bits per heavy atom. The average molecular weight is 781 g/mol. The van der Waals surface area contributed by atoms with Gasteiger partial charge in [0.2, 0.25) is 0 Å². The molecule has 1 fully saturated rings. The molecule has 1 saturated heterocycles. The summed E-state index contributed by atoms with van der Waals surface area (Å²) in [6, 6.07) is 20.6. The summed E-state index contributed by atoms with van der Waals surface area (Å²) in [6.45, 7) is 5.66. The number of benzene rings is 4. The number of aliphatic imine (C=N–C) groups is 1. The summed E-state index contributed by atoms with van der Waals surface area (Å²) in [5.74, 6) is -0.209. The monoisotopic (exact) mass is 778 g/mol. The quantitative estimate of drug-likeness (QED) is 0.144. The Balaban J connectivity index is 1.51. The van der Waals surface area contributed by atoms with Crippen molar-refractivity contribution in [2.45, 2.75) is 25.7 Å². The maximum absolute atomic E-state index is 13.8. The van der Waals surface area contributed by atoms with Crippen molar-refractivity contribution in [1.82, 2.24) is 0 Å². The first-order valence-electron chi connectivity index (χ1n) is 12.7. The number of hydrogen-bond donors (Lipinski definition) is 0. The van der Waals surface area contributed by atoms with Crippen molar-refractivity contribution < 1.29 is 17.4 Å². The molecule has 0 spiro atoms. The van der Waals surface area contributed by atoms with E-state index in [-0.39, 0.29) is 16.6 Å². The van der Waals surface area contributed by atoms with Crippen molar-refractivity contribution in [3.63, 3.8) is 0 Å². The summed E-state index contributed by atoms with van der Waals surface area (Å²) in [5, 5.41) is 1.52. The highest BCUT2D eigenvalue weighted by molar-refractivity contribution is 9.11. The minimum absolute atomic E-state index is 0.0361. The smallest absolute Gasteiger partial charge is 0.339 e. The molecular formula is C31H22Br2Cl2N2O4S2. The van der Waals surface area contributed by atoms with Gasteiger partial charge in [-0.3, -0.25) is 9.69 Å². The Bertz CT molecular complexity index is 1920. The van der Waals surface area contributed by atoms with Gasteiger partial charge in [0.15, 0.2) is 10.9 Å². The highest BCUT2D eigenvalue weighted by atomic mass is 79.9. The maximum Gasteiger partial charge on any atom is 0.339 e. The molecule has 1 aliphatic rings. The largest absolute Gasteiger partial charge is 0.377 e. The average Bonchev–Trinajstić information content (AvgIpc) is 3.24. The van der Waals surface area contributed by atoms with E-state index >= 15 is 0 Å². The first kappa shape index (κ1) is 31.8. The molecule has 1 amide bonds. The minimum atomic E-state index is -4.08. The Kier molecular flexibility index (Phi) is 9.46. The fourth-order valence-corrected chi connectivity index (χ4v) is 7.93. The number of aryl methyl sites for hydroxylation is 3. The molecule has 1 aliphatic heterocycles.